The fourth-order valence-electron chi connectivity index (χ4n) is 2.75. The van der Waals surface area contributed by atoms with Gasteiger partial charge >= 0.3 is 0 Å². The van der Waals surface area contributed by atoms with Gasteiger partial charge in [-0.05, 0) is 57.1 Å². The SMILES string of the molecule is CCNC(=NCc1cccc(C(=O)NCCN(C)C)c1)NCC(C)(O)c1cccs1.I. The molecule has 0 bridgehead atoms. The molecule has 1 atom stereocenters. The van der Waals surface area contributed by atoms with Gasteiger partial charge in [-0.25, -0.2) is 4.99 Å². The maximum atomic E-state index is 12.3. The maximum absolute atomic E-state index is 12.3. The molecule has 31 heavy (non-hydrogen) atoms. The molecule has 0 aliphatic rings. The van der Waals surface area contributed by atoms with Crippen LogP contribution in [0.3, 0.4) is 0 Å². The molecule has 1 aromatic carbocycles. The van der Waals surface area contributed by atoms with Crippen LogP contribution in [0.15, 0.2) is 46.8 Å². The number of aliphatic imine (C=N–C) groups is 1. The first kappa shape index (κ1) is 27.3. The van der Waals surface area contributed by atoms with E-state index in [1.54, 1.807) is 13.0 Å². The number of likely N-dealkylation sites (N-methyl/N-ethyl adjacent to an activating group) is 1. The number of aliphatic hydroxyl groups is 1. The van der Waals surface area contributed by atoms with Crippen molar-refractivity contribution in [3.63, 3.8) is 0 Å². The van der Waals surface area contributed by atoms with Gasteiger partial charge in [0, 0.05) is 30.1 Å². The molecule has 2 rings (SSSR count). The Morgan fingerprint density at radius 3 is 2.61 bits per heavy atom. The van der Waals surface area contributed by atoms with Crippen molar-refractivity contribution in [1.29, 1.82) is 0 Å². The minimum absolute atomic E-state index is 0. The third-order valence-corrected chi connectivity index (χ3v) is 5.57. The standard InChI is InChI=1S/C22H33N5O2S.HI/c1-5-23-21(26-16-22(2,29)19-10-7-13-30-19)25-15-17-8-6-9-18(14-17)20(28)24-11-12-27(3)4;/h6-10,13-14,29H,5,11-12,15-16H2,1-4H3,(H,24,28)(H2,23,25,26);1H. The molecule has 0 aliphatic carbocycles. The highest BCUT2D eigenvalue weighted by molar-refractivity contribution is 14.0. The number of amides is 1. The van der Waals surface area contributed by atoms with Crippen LogP contribution >= 0.6 is 35.3 Å². The Bertz CT molecular complexity index is 825. The van der Waals surface area contributed by atoms with Crippen LogP contribution in [0.5, 0.6) is 0 Å². The second-order valence-corrected chi connectivity index (χ2v) is 8.51. The number of hydrogen-bond acceptors (Lipinski definition) is 5. The first-order valence-electron chi connectivity index (χ1n) is 10.1. The Morgan fingerprint density at radius 2 is 1.97 bits per heavy atom. The molecule has 0 radical (unpaired) electrons. The Morgan fingerprint density at radius 1 is 1.19 bits per heavy atom. The molecule has 0 fully saturated rings. The van der Waals surface area contributed by atoms with E-state index in [1.165, 1.54) is 11.3 Å². The average Bonchev–Trinajstić information content (AvgIpc) is 3.26. The van der Waals surface area contributed by atoms with E-state index in [0.29, 0.717) is 37.7 Å². The summed E-state index contributed by atoms with van der Waals surface area (Å²) in [5.41, 5.74) is 0.590. The molecule has 0 aliphatic heterocycles. The van der Waals surface area contributed by atoms with Crippen LogP contribution in [0, 0.1) is 0 Å². The monoisotopic (exact) mass is 559 g/mol. The van der Waals surface area contributed by atoms with Gasteiger partial charge in [0.05, 0.1) is 13.1 Å². The molecule has 2 aromatic rings. The quantitative estimate of drug-likeness (QED) is 0.204. The molecular weight excluding hydrogens is 525 g/mol. The smallest absolute Gasteiger partial charge is 0.251 e. The predicted molar refractivity (Wildman–Crippen MR) is 139 cm³/mol. The van der Waals surface area contributed by atoms with Gasteiger partial charge in [-0.3, -0.25) is 4.79 Å². The third kappa shape index (κ3) is 9.55. The molecule has 1 unspecified atom stereocenters. The van der Waals surface area contributed by atoms with Crippen LogP contribution in [0.25, 0.3) is 0 Å². The largest absolute Gasteiger partial charge is 0.383 e. The van der Waals surface area contributed by atoms with Crippen LogP contribution in [-0.2, 0) is 12.1 Å². The van der Waals surface area contributed by atoms with Crippen molar-refractivity contribution in [2.45, 2.75) is 26.0 Å². The second kappa shape index (κ2) is 13.7. The van der Waals surface area contributed by atoms with Gasteiger partial charge in [0.25, 0.3) is 5.91 Å². The Labute approximate surface area is 206 Å². The summed E-state index contributed by atoms with van der Waals surface area (Å²) in [5, 5.41) is 22.0. The predicted octanol–water partition coefficient (Wildman–Crippen LogP) is 2.62. The zero-order valence-corrected chi connectivity index (χ0v) is 21.8. The van der Waals surface area contributed by atoms with Gasteiger partial charge in [-0.15, -0.1) is 35.3 Å². The molecule has 1 heterocycles. The summed E-state index contributed by atoms with van der Waals surface area (Å²) >= 11 is 1.53. The van der Waals surface area contributed by atoms with Gasteiger partial charge in [-0.2, -0.15) is 0 Å². The zero-order valence-electron chi connectivity index (χ0n) is 18.6. The number of nitrogens with zero attached hydrogens (tertiary/aromatic N) is 2. The Balaban J connectivity index is 0.00000480. The number of benzene rings is 1. The van der Waals surface area contributed by atoms with Gasteiger partial charge < -0.3 is 26.0 Å². The van der Waals surface area contributed by atoms with E-state index in [4.69, 9.17) is 0 Å². The minimum Gasteiger partial charge on any atom is -0.383 e. The van der Waals surface area contributed by atoms with Crippen molar-refractivity contribution in [3.05, 3.63) is 57.8 Å². The van der Waals surface area contributed by atoms with Crippen LogP contribution in [-0.4, -0.2) is 62.1 Å². The molecule has 0 saturated heterocycles. The number of guanidine groups is 1. The molecule has 1 amide bonds. The summed E-state index contributed by atoms with van der Waals surface area (Å²) in [6, 6.07) is 11.3. The Kier molecular flexibility index (Phi) is 12.1. The second-order valence-electron chi connectivity index (χ2n) is 7.56. The lowest BCUT2D eigenvalue weighted by molar-refractivity contribution is 0.0655. The van der Waals surface area contributed by atoms with Crippen LogP contribution < -0.4 is 16.0 Å². The lowest BCUT2D eigenvalue weighted by atomic mass is 10.1. The highest BCUT2D eigenvalue weighted by Gasteiger charge is 2.24. The fourth-order valence-corrected chi connectivity index (χ4v) is 3.53. The van der Waals surface area contributed by atoms with Crippen LogP contribution in [0.1, 0.15) is 34.6 Å². The van der Waals surface area contributed by atoms with E-state index >= 15 is 0 Å². The summed E-state index contributed by atoms with van der Waals surface area (Å²) in [6.07, 6.45) is 0. The number of carbonyl (C=O) groups excluding carboxylic acids is 1. The van der Waals surface area contributed by atoms with E-state index in [2.05, 4.69) is 20.9 Å². The van der Waals surface area contributed by atoms with Crippen LogP contribution in [0.4, 0.5) is 0 Å². The Hall–Kier alpha value is -1.69. The molecule has 7 nitrogen and oxygen atoms in total. The van der Waals surface area contributed by atoms with E-state index in [1.807, 2.05) is 61.6 Å². The normalized spacial score (nSPS) is 13.3. The lowest BCUT2D eigenvalue weighted by Crippen LogP contribution is -2.44. The summed E-state index contributed by atoms with van der Waals surface area (Å²) in [5.74, 6) is 0.537. The van der Waals surface area contributed by atoms with Gasteiger partial charge in [0.15, 0.2) is 5.96 Å². The summed E-state index contributed by atoms with van der Waals surface area (Å²) in [4.78, 5) is 19.9. The third-order valence-electron chi connectivity index (χ3n) is 4.45. The highest BCUT2D eigenvalue weighted by atomic mass is 127. The first-order valence-corrected chi connectivity index (χ1v) is 11.0. The number of rotatable bonds is 10. The van der Waals surface area contributed by atoms with Gasteiger partial charge in [0.1, 0.15) is 5.60 Å². The lowest BCUT2D eigenvalue weighted by Gasteiger charge is -2.23. The fraction of sp³-hybridized carbons (Fsp3) is 0.455. The summed E-state index contributed by atoms with van der Waals surface area (Å²) in [6.45, 7) is 6.65. The summed E-state index contributed by atoms with van der Waals surface area (Å²) < 4.78 is 0. The van der Waals surface area contributed by atoms with E-state index in [0.717, 1.165) is 17.0 Å². The number of halogens is 1. The minimum atomic E-state index is -0.977. The first-order chi connectivity index (χ1) is 14.3. The van der Waals surface area contributed by atoms with Crippen molar-refractivity contribution in [3.8, 4) is 0 Å². The van der Waals surface area contributed by atoms with Crippen molar-refractivity contribution in [1.82, 2.24) is 20.9 Å². The molecular formula is C22H34IN5O2S. The van der Waals surface area contributed by atoms with Crippen molar-refractivity contribution in [2.24, 2.45) is 4.99 Å². The topological polar surface area (TPSA) is 89.0 Å². The van der Waals surface area contributed by atoms with E-state index in [9.17, 15) is 9.90 Å². The number of nitrogens with one attached hydrogen (secondary N) is 3. The van der Waals surface area contributed by atoms with E-state index < -0.39 is 5.60 Å². The number of carbonyl (C=O) groups is 1. The molecule has 172 valence electrons. The van der Waals surface area contributed by atoms with Crippen molar-refractivity contribution in [2.75, 3.05) is 40.3 Å². The number of thiophene rings is 1. The molecule has 9 heteroatoms. The molecule has 0 saturated carbocycles. The highest BCUT2D eigenvalue weighted by Crippen LogP contribution is 2.24. The maximum Gasteiger partial charge on any atom is 0.251 e. The molecule has 4 N–H and O–H groups in total. The van der Waals surface area contributed by atoms with Gasteiger partial charge in [-0.1, -0.05) is 18.2 Å². The number of hydrogen-bond donors (Lipinski definition) is 4. The van der Waals surface area contributed by atoms with Gasteiger partial charge in [0.2, 0.25) is 0 Å². The molecule has 0 spiro atoms. The average molecular weight is 560 g/mol. The van der Waals surface area contributed by atoms with Crippen molar-refractivity contribution >= 4 is 47.2 Å². The molecule has 1 aromatic heterocycles. The zero-order chi connectivity index (χ0) is 22.0. The summed E-state index contributed by atoms with van der Waals surface area (Å²) in [7, 11) is 3.95. The van der Waals surface area contributed by atoms with Crippen LogP contribution in [0.2, 0.25) is 0 Å². The van der Waals surface area contributed by atoms with Crippen molar-refractivity contribution < 1.29 is 9.90 Å². The van der Waals surface area contributed by atoms with E-state index in [-0.39, 0.29) is 29.9 Å².